The van der Waals surface area contributed by atoms with Crippen molar-refractivity contribution >= 4 is 41.7 Å². The Morgan fingerprint density at radius 1 is 1.31 bits per heavy atom. The first-order valence-electron chi connectivity index (χ1n) is 9.45. The Morgan fingerprint density at radius 3 is 2.81 bits per heavy atom. The number of ether oxygens (including phenoxy) is 1. The molecule has 1 N–H and O–H groups in total. The standard InChI is InChI=1S/C20H31N3OS.HI/c1-3-21-19(23-11-8-20(15-23)9-12-24-16-20)22-10-13-25-14-18-6-4-17(2)5-7-18;/h4-7H,3,8-16H2,1-2H3,(H,21,22);1H. The Kier molecular flexibility index (Phi) is 9.03. The van der Waals surface area contributed by atoms with Crippen molar-refractivity contribution in [2.45, 2.75) is 32.4 Å². The second kappa shape index (κ2) is 10.8. The summed E-state index contributed by atoms with van der Waals surface area (Å²) in [5.74, 6) is 3.21. The van der Waals surface area contributed by atoms with Gasteiger partial charge in [0.05, 0.1) is 13.2 Å². The van der Waals surface area contributed by atoms with Crippen molar-refractivity contribution in [3.63, 3.8) is 0 Å². The highest BCUT2D eigenvalue weighted by molar-refractivity contribution is 14.0. The van der Waals surface area contributed by atoms with Gasteiger partial charge in [0.2, 0.25) is 0 Å². The van der Waals surface area contributed by atoms with Gasteiger partial charge in [-0.2, -0.15) is 11.8 Å². The van der Waals surface area contributed by atoms with Crippen LogP contribution in [-0.4, -0.2) is 56.0 Å². The van der Waals surface area contributed by atoms with Crippen LogP contribution in [0.3, 0.4) is 0 Å². The molecular weight excluding hydrogens is 457 g/mol. The molecule has 4 nitrogen and oxygen atoms in total. The molecule has 6 heteroatoms. The molecule has 0 aromatic heterocycles. The van der Waals surface area contributed by atoms with Gasteiger partial charge in [-0.1, -0.05) is 29.8 Å². The van der Waals surface area contributed by atoms with E-state index in [0.717, 1.165) is 56.9 Å². The highest BCUT2D eigenvalue weighted by atomic mass is 127. The number of rotatable bonds is 6. The summed E-state index contributed by atoms with van der Waals surface area (Å²) in [6, 6.07) is 8.83. The van der Waals surface area contributed by atoms with Gasteiger partial charge in [0, 0.05) is 43.2 Å². The molecule has 1 unspecified atom stereocenters. The third-order valence-corrected chi connectivity index (χ3v) is 6.15. The Morgan fingerprint density at radius 2 is 2.12 bits per heavy atom. The molecule has 1 atom stereocenters. The van der Waals surface area contributed by atoms with Gasteiger partial charge < -0.3 is 15.0 Å². The third kappa shape index (κ3) is 6.02. The number of hydrogen-bond acceptors (Lipinski definition) is 3. The molecule has 2 aliphatic heterocycles. The van der Waals surface area contributed by atoms with Gasteiger partial charge >= 0.3 is 0 Å². The summed E-state index contributed by atoms with van der Waals surface area (Å²) in [7, 11) is 0. The zero-order valence-electron chi connectivity index (χ0n) is 16.0. The summed E-state index contributed by atoms with van der Waals surface area (Å²) in [6.45, 7) is 10.1. The molecule has 2 heterocycles. The maximum absolute atomic E-state index is 5.64. The first kappa shape index (κ1) is 21.8. The molecule has 26 heavy (non-hydrogen) atoms. The zero-order chi connectivity index (χ0) is 17.5. The number of halogens is 1. The smallest absolute Gasteiger partial charge is 0.193 e. The molecule has 3 rings (SSSR count). The summed E-state index contributed by atoms with van der Waals surface area (Å²) < 4.78 is 5.64. The molecule has 0 amide bonds. The molecule has 0 aliphatic carbocycles. The van der Waals surface area contributed by atoms with Crippen LogP contribution in [0.4, 0.5) is 0 Å². The summed E-state index contributed by atoms with van der Waals surface area (Å²) in [5, 5.41) is 3.47. The van der Waals surface area contributed by atoms with E-state index in [4.69, 9.17) is 9.73 Å². The van der Waals surface area contributed by atoms with E-state index in [1.807, 2.05) is 11.8 Å². The molecule has 2 aliphatic rings. The van der Waals surface area contributed by atoms with Crippen LogP contribution < -0.4 is 5.32 Å². The first-order valence-corrected chi connectivity index (χ1v) is 10.6. The number of guanidine groups is 1. The summed E-state index contributed by atoms with van der Waals surface area (Å²) in [6.07, 6.45) is 2.44. The van der Waals surface area contributed by atoms with Crippen molar-refractivity contribution in [2.75, 3.05) is 45.1 Å². The molecule has 146 valence electrons. The fourth-order valence-corrected chi connectivity index (χ4v) is 4.40. The van der Waals surface area contributed by atoms with Gasteiger partial charge in [0.15, 0.2) is 5.96 Å². The van der Waals surface area contributed by atoms with E-state index in [1.54, 1.807) is 0 Å². The zero-order valence-corrected chi connectivity index (χ0v) is 19.1. The van der Waals surface area contributed by atoms with Crippen molar-refractivity contribution in [2.24, 2.45) is 10.4 Å². The number of hydrogen-bond donors (Lipinski definition) is 1. The van der Waals surface area contributed by atoms with Crippen LogP contribution in [0.25, 0.3) is 0 Å². The molecule has 1 spiro atoms. The highest BCUT2D eigenvalue weighted by Crippen LogP contribution is 2.38. The van der Waals surface area contributed by atoms with Gasteiger partial charge in [0.1, 0.15) is 0 Å². The lowest BCUT2D eigenvalue weighted by Gasteiger charge is -2.24. The highest BCUT2D eigenvalue weighted by Gasteiger charge is 2.42. The van der Waals surface area contributed by atoms with Crippen molar-refractivity contribution in [1.29, 1.82) is 0 Å². The van der Waals surface area contributed by atoms with Crippen molar-refractivity contribution in [3.05, 3.63) is 35.4 Å². The third-order valence-electron chi connectivity index (χ3n) is 5.14. The van der Waals surface area contributed by atoms with Crippen LogP contribution in [-0.2, 0) is 10.5 Å². The van der Waals surface area contributed by atoms with Crippen LogP contribution >= 0.6 is 35.7 Å². The Labute approximate surface area is 179 Å². The lowest BCUT2D eigenvalue weighted by molar-refractivity contribution is 0.156. The average molecular weight is 489 g/mol. The SMILES string of the molecule is CCNC(=NCCSCc1ccc(C)cc1)N1CCC2(CCOC2)C1.I. The molecule has 2 saturated heterocycles. The topological polar surface area (TPSA) is 36.9 Å². The predicted octanol–water partition coefficient (Wildman–Crippen LogP) is 3.92. The monoisotopic (exact) mass is 489 g/mol. The fourth-order valence-electron chi connectivity index (χ4n) is 3.60. The van der Waals surface area contributed by atoms with Crippen LogP contribution in [0.1, 0.15) is 30.9 Å². The summed E-state index contributed by atoms with van der Waals surface area (Å²) in [4.78, 5) is 7.30. The van der Waals surface area contributed by atoms with Crippen molar-refractivity contribution in [1.82, 2.24) is 10.2 Å². The summed E-state index contributed by atoms with van der Waals surface area (Å²) >= 11 is 1.96. The predicted molar refractivity (Wildman–Crippen MR) is 123 cm³/mol. The normalized spacial score (nSPS) is 22.7. The lowest BCUT2D eigenvalue weighted by atomic mass is 9.87. The van der Waals surface area contributed by atoms with Gasteiger partial charge in [-0.15, -0.1) is 24.0 Å². The van der Waals surface area contributed by atoms with Gasteiger partial charge in [-0.05, 0) is 32.3 Å². The Balaban J connectivity index is 0.00000243. The summed E-state index contributed by atoms with van der Waals surface area (Å²) in [5.41, 5.74) is 3.11. The van der Waals surface area contributed by atoms with E-state index >= 15 is 0 Å². The average Bonchev–Trinajstić information content (AvgIpc) is 3.25. The maximum Gasteiger partial charge on any atom is 0.193 e. The van der Waals surface area contributed by atoms with Gasteiger partial charge in [0.25, 0.3) is 0 Å². The number of nitrogens with one attached hydrogen (secondary N) is 1. The fraction of sp³-hybridized carbons (Fsp3) is 0.650. The lowest BCUT2D eigenvalue weighted by Crippen LogP contribution is -2.41. The van der Waals surface area contributed by atoms with Crippen molar-refractivity contribution in [3.8, 4) is 0 Å². The van der Waals surface area contributed by atoms with Crippen molar-refractivity contribution < 1.29 is 4.74 Å². The van der Waals surface area contributed by atoms with E-state index < -0.39 is 0 Å². The largest absolute Gasteiger partial charge is 0.381 e. The Bertz CT molecular complexity index is 573. The molecule has 2 fully saturated rings. The number of thioether (sulfide) groups is 1. The first-order chi connectivity index (χ1) is 12.2. The second-order valence-electron chi connectivity index (χ2n) is 7.25. The van der Waals surface area contributed by atoms with Crippen LogP contribution in [0.15, 0.2) is 29.3 Å². The van der Waals surface area contributed by atoms with Crippen LogP contribution in [0.5, 0.6) is 0 Å². The van der Waals surface area contributed by atoms with Gasteiger partial charge in [-0.3, -0.25) is 4.99 Å². The minimum Gasteiger partial charge on any atom is -0.381 e. The Hall–Kier alpha value is -0.470. The minimum absolute atomic E-state index is 0. The van der Waals surface area contributed by atoms with E-state index in [-0.39, 0.29) is 24.0 Å². The van der Waals surface area contributed by atoms with E-state index in [0.29, 0.717) is 5.41 Å². The number of benzene rings is 1. The second-order valence-corrected chi connectivity index (χ2v) is 8.35. The molecular formula is C20H32IN3OS. The van der Waals surface area contributed by atoms with Gasteiger partial charge in [-0.25, -0.2) is 0 Å². The molecule has 0 radical (unpaired) electrons. The number of likely N-dealkylation sites (tertiary alicyclic amines) is 1. The number of aliphatic imine (C=N–C) groups is 1. The minimum atomic E-state index is 0. The number of aryl methyl sites for hydroxylation is 1. The van der Waals surface area contributed by atoms with Crippen LogP contribution in [0.2, 0.25) is 0 Å². The number of nitrogens with zero attached hydrogens (tertiary/aromatic N) is 2. The van der Waals surface area contributed by atoms with E-state index in [9.17, 15) is 0 Å². The quantitative estimate of drug-likeness (QED) is 0.285. The van der Waals surface area contributed by atoms with E-state index in [1.165, 1.54) is 24.0 Å². The maximum atomic E-state index is 5.64. The van der Waals surface area contributed by atoms with Crippen LogP contribution in [0, 0.1) is 12.3 Å². The molecule has 1 aromatic carbocycles. The van der Waals surface area contributed by atoms with E-state index in [2.05, 4.69) is 48.3 Å². The molecule has 1 aromatic rings. The molecule has 0 saturated carbocycles. The molecule has 0 bridgehead atoms.